The number of benzene rings is 1. The fourth-order valence-electron chi connectivity index (χ4n) is 1.70. The Bertz CT molecular complexity index is 728. The number of fused-ring (bicyclic) bond motifs is 1. The Labute approximate surface area is 101 Å². The molecule has 0 fully saturated rings. The zero-order valence-corrected chi connectivity index (χ0v) is 9.44. The molecule has 0 unspecified atom stereocenters. The van der Waals surface area contributed by atoms with Gasteiger partial charge in [-0.3, -0.25) is 15.1 Å². The number of nitrogens with one attached hydrogen (secondary N) is 2. The third kappa shape index (κ3) is 1.52. The van der Waals surface area contributed by atoms with E-state index in [0.717, 1.165) is 5.69 Å². The number of aromatic amines is 1. The van der Waals surface area contributed by atoms with Gasteiger partial charge in [-0.05, 0) is 23.7 Å². The lowest BCUT2D eigenvalue weighted by molar-refractivity contribution is 0.904. The van der Waals surface area contributed by atoms with Crippen LogP contribution in [-0.2, 0) is 0 Å². The molecule has 3 rings (SSSR count). The minimum absolute atomic E-state index is 0.240. The van der Waals surface area contributed by atoms with Crippen LogP contribution in [0.1, 0.15) is 0 Å². The number of hydrogen-bond donors (Lipinski definition) is 2. The Morgan fingerprint density at radius 2 is 2.00 bits per heavy atom. The van der Waals surface area contributed by atoms with E-state index < -0.39 is 0 Å². The van der Waals surface area contributed by atoms with E-state index in [0.29, 0.717) is 11.0 Å². The highest BCUT2D eigenvalue weighted by molar-refractivity contribution is 6.29. The van der Waals surface area contributed by atoms with E-state index >= 15 is 0 Å². The molecule has 3 aromatic rings. The zero-order chi connectivity index (χ0) is 11.8. The monoisotopic (exact) mass is 245 g/mol. The minimum Gasteiger partial charge on any atom is -0.282 e. The Morgan fingerprint density at radius 1 is 1.24 bits per heavy atom. The molecular formula is C11H8ClN5. The molecule has 0 aliphatic heterocycles. The molecule has 2 aromatic heterocycles. The molecule has 6 heteroatoms. The van der Waals surface area contributed by atoms with Gasteiger partial charge in [-0.2, -0.15) is 5.10 Å². The van der Waals surface area contributed by atoms with E-state index in [1.54, 1.807) is 10.8 Å². The van der Waals surface area contributed by atoms with Crippen LogP contribution in [0.2, 0.25) is 5.28 Å². The number of aromatic nitrogens is 4. The van der Waals surface area contributed by atoms with Gasteiger partial charge in [-0.1, -0.05) is 18.2 Å². The highest BCUT2D eigenvalue weighted by Gasteiger charge is 2.09. The van der Waals surface area contributed by atoms with Crippen molar-refractivity contribution in [3.05, 3.63) is 47.3 Å². The molecule has 1 aromatic carbocycles. The number of nitrogens with zero attached hydrogens (tertiary/aromatic N) is 3. The lowest BCUT2D eigenvalue weighted by atomic mass is 10.3. The Morgan fingerprint density at radius 3 is 2.76 bits per heavy atom. The van der Waals surface area contributed by atoms with E-state index in [2.05, 4.69) is 15.2 Å². The molecule has 2 N–H and O–H groups in total. The SMILES string of the molecule is N=c1c2[nH]ncc2nc(Cl)n1-c1ccccc1. The lowest BCUT2D eigenvalue weighted by Gasteiger charge is -2.08. The first-order valence-corrected chi connectivity index (χ1v) is 5.37. The van der Waals surface area contributed by atoms with E-state index in [-0.39, 0.29) is 10.8 Å². The van der Waals surface area contributed by atoms with Crippen LogP contribution in [0.4, 0.5) is 0 Å². The molecule has 0 aliphatic carbocycles. The topological polar surface area (TPSA) is 70.3 Å². The van der Waals surface area contributed by atoms with Gasteiger partial charge in [-0.25, -0.2) is 4.98 Å². The highest BCUT2D eigenvalue weighted by atomic mass is 35.5. The smallest absolute Gasteiger partial charge is 0.209 e. The summed E-state index contributed by atoms with van der Waals surface area (Å²) in [6.45, 7) is 0. The van der Waals surface area contributed by atoms with Gasteiger partial charge in [0.25, 0.3) is 0 Å². The van der Waals surface area contributed by atoms with Crippen LogP contribution in [0.3, 0.4) is 0 Å². The minimum atomic E-state index is 0.240. The van der Waals surface area contributed by atoms with Crippen LogP contribution < -0.4 is 5.49 Å². The quantitative estimate of drug-likeness (QED) is 0.643. The van der Waals surface area contributed by atoms with E-state index in [1.165, 1.54) is 0 Å². The van der Waals surface area contributed by atoms with Crippen molar-refractivity contribution in [3.63, 3.8) is 0 Å². The fraction of sp³-hybridized carbons (Fsp3) is 0. The molecule has 84 valence electrons. The van der Waals surface area contributed by atoms with Crippen LogP contribution in [0.25, 0.3) is 16.7 Å². The molecule has 0 saturated heterocycles. The number of hydrogen-bond acceptors (Lipinski definition) is 3. The van der Waals surface area contributed by atoms with Gasteiger partial charge in [0, 0.05) is 0 Å². The predicted molar refractivity (Wildman–Crippen MR) is 64.1 cm³/mol. The molecular weight excluding hydrogens is 238 g/mol. The standard InChI is InChI=1S/C11H8ClN5/c12-11-15-8-6-14-16-9(8)10(13)17(11)7-4-2-1-3-5-7/h1-6,13H,(H,14,16). The zero-order valence-electron chi connectivity index (χ0n) is 8.68. The summed E-state index contributed by atoms with van der Waals surface area (Å²) in [5, 5.41) is 15.0. The summed E-state index contributed by atoms with van der Waals surface area (Å²) in [6.07, 6.45) is 1.55. The third-order valence-corrected chi connectivity index (χ3v) is 2.74. The second kappa shape index (κ2) is 3.71. The van der Waals surface area contributed by atoms with Crippen molar-refractivity contribution in [1.29, 1.82) is 5.41 Å². The predicted octanol–water partition coefficient (Wildman–Crippen LogP) is 1.88. The highest BCUT2D eigenvalue weighted by Crippen LogP contribution is 2.14. The van der Waals surface area contributed by atoms with Crippen molar-refractivity contribution in [3.8, 4) is 5.69 Å². The molecule has 17 heavy (non-hydrogen) atoms. The van der Waals surface area contributed by atoms with Crippen molar-refractivity contribution in [2.45, 2.75) is 0 Å². The maximum Gasteiger partial charge on any atom is 0.209 e. The van der Waals surface area contributed by atoms with Gasteiger partial charge in [0.15, 0.2) is 5.49 Å². The van der Waals surface area contributed by atoms with Gasteiger partial charge in [0.1, 0.15) is 11.0 Å². The van der Waals surface area contributed by atoms with E-state index in [1.807, 2.05) is 30.3 Å². The summed E-state index contributed by atoms with van der Waals surface area (Å²) in [4.78, 5) is 4.19. The van der Waals surface area contributed by atoms with Crippen molar-refractivity contribution in [1.82, 2.24) is 19.7 Å². The van der Waals surface area contributed by atoms with Crippen molar-refractivity contribution >= 4 is 22.6 Å². The Balaban J connectivity index is 2.40. The molecule has 0 saturated carbocycles. The van der Waals surface area contributed by atoms with Gasteiger partial charge in [-0.15, -0.1) is 0 Å². The van der Waals surface area contributed by atoms with Gasteiger partial charge >= 0.3 is 0 Å². The summed E-state index contributed by atoms with van der Waals surface area (Å²) < 4.78 is 1.56. The van der Waals surface area contributed by atoms with Gasteiger partial charge in [0.05, 0.1) is 11.9 Å². The van der Waals surface area contributed by atoms with Crippen LogP contribution in [-0.4, -0.2) is 19.7 Å². The average molecular weight is 246 g/mol. The average Bonchev–Trinajstić information content (AvgIpc) is 2.78. The van der Waals surface area contributed by atoms with Crippen LogP contribution in [0.15, 0.2) is 36.5 Å². The lowest BCUT2D eigenvalue weighted by Crippen LogP contribution is -2.20. The van der Waals surface area contributed by atoms with Crippen molar-refractivity contribution in [2.75, 3.05) is 0 Å². The fourth-order valence-corrected chi connectivity index (χ4v) is 1.98. The Kier molecular flexibility index (Phi) is 2.19. The van der Waals surface area contributed by atoms with E-state index in [4.69, 9.17) is 17.0 Å². The summed E-state index contributed by atoms with van der Waals surface area (Å²) in [7, 11) is 0. The van der Waals surface area contributed by atoms with Crippen LogP contribution >= 0.6 is 11.6 Å². The summed E-state index contributed by atoms with van der Waals surface area (Å²) in [6, 6.07) is 9.41. The van der Waals surface area contributed by atoms with E-state index in [9.17, 15) is 0 Å². The second-order valence-electron chi connectivity index (χ2n) is 3.53. The Hall–Kier alpha value is -2.14. The molecule has 0 spiro atoms. The molecule has 0 atom stereocenters. The number of halogens is 1. The summed E-state index contributed by atoms with van der Waals surface area (Å²) >= 11 is 6.09. The number of rotatable bonds is 1. The third-order valence-electron chi connectivity index (χ3n) is 2.49. The molecule has 0 bridgehead atoms. The largest absolute Gasteiger partial charge is 0.282 e. The number of H-pyrrole nitrogens is 1. The van der Waals surface area contributed by atoms with Crippen molar-refractivity contribution in [2.24, 2.45) is 0 Å². The summed E-state index contributed by atoms with van der Waals surface area (Å²) in [5.41, 5.74) is 2.20. The molecule has 2 heterocycles. The van der Waals surface area contributed by atoms with Gasteiger partial charge < -0.3 is 0 Å². The molecule has 0 radical (unpaired) electrons. The van der Waals surface area contributed by atoms with Crippen molar-refractivity contribution < 1.29 is 0 Å². The maximum atomic E-state index is 8.10. The first-order valence-electron chi connectivity index (χ1n) is 4.99. The number of para-hydroxylation sites is 1. The maximum absolute atomic E-state index is 8.10. The van der Waals surface area contributed by atoms with Gasteiger partial charge in [0.2, 0.25) is 5.28 Å². The second-order valence-corrected chi connectivity index (χ2v) is 3.87. The van der Waals surface area contributed by atoms with Crippen LogP contribution in [0, 0.1) is 5.41 Å². The molecule has 0 amide bonds. The normalized spacial score (nSPS) is 10.9. The molecule has 0 aliphatic rings. The first-order chi connectivity index (χ1) is 8.27. The first kappa shape index (κ1) is 10.0. The summed E-state index contributed by atoms with van der Waals surface area (Å²) in [5.74, 6) is 0. The van der Waals surface area contributed by atoms with Crippen LogP contribution in [0.5, 0.6) is 0 Å². The molecule has 5 nitrogen and oxygen atoms in total.